The highest BCUT2D eigenvalue weighted by atomic mass is 16.7. The Bertz CT molecular complexity index is 2120. The molecule has 2 saturated carbocycles. The van der Waals surface area contributed by atoms with Crippen molar-refractivity contribution in [1.82, 2.24) is 4.98 Å². The van der Waals surface area contributed by atoms with E-state index in [1.165, 1.54) is 49.5 Å². The molecule has 1 aromatic carbocycles. The second-order valence-electron chi connectivity index (χ2n) is 16.0. The fourth-order valence-corrected chi connectivity index (χ4v) is 9.17. The zero-order valence-electron chi connectivity index (χ0n) is 33.8. The molecular formula is C41H45NO18. The minimum absolute atomic E-state index is 0.0831. The fraction of sp³-hybridized carbons (Fsp3) is 0.537. The van der Waals surface area contributed by atoms with E-state index in [0.717, 1.165) is 41.5 Å². The summed E-state index contributed by atoms with van der Waals surface area (Å²) < 4.78 is 47.8. The number of rotatable bonds is 7. The lowest BCUT2D eigenvalue weighted by Crippen LogP contribution is -2.88. The average molecular weight is 840 g/mol. The molecule has 1 unspecified atom stereocenters. The lowest BCUT2D eigenvalue weighted by atomic mass is 9.45. The SMILES string of the molecule is CC(=O)OC[C@]12[C@H](OC(C)=O)C(=O)[C@@H]3[C@@H](OC(C)=O)[C@@]14O[C@@]3(C)COC(=O)c1cccnc1CCC(C)(O)C(=O)O[C@@H]([C@H](OC(=O)c1ccccc1)[C@@H]2OC(C)=O)[C@]4(C)O. The van der Waals surface area contributed by atoms with Crippen LogP contribution in [0.4, 0.5) is 0 Å². The van der Waals surface area contributed by atoms with E-state index in [2.05, 4.69) is 4.98 Å². The first kappa shape index (κ1) is 43.8. The van der Waals surface area contributed by atoms with Crippen molar-refractivity contribution in [3.05, 3.63) is 65.5 Å². The maximum absolute atomic E-state index is 15.3. The molecule has 3 heterocycles. The van der Waals surface area contributed by atoms with Crippen molar-refractivity contribution in [3.63, 3.8) is 0 Å². The molecule has 3 fully saturated rings. The molecule has 19 heteroatoms. The summed E-state index contributed by atoms with van der Waals surface area (Å²) in [5.74, 6) is -10.9. The summed E-state index contributed by atoms with van der Waals surface area (Å²) >= 11 is 0. The topological polar surface area (TPSA) is 264 Å². The summed E-state index contributed by atoms with van der Waals surface area (Å²) in [5.41, 5.74) is -13.4. The Balaban J connectivity index is 1.75. The van der Waals surface area contributed by atoms with Gasteiger partial charge in [0.15, 0.2) is 41.4 Å². The molecule has 2 N–H and O–H groups in total. The van der Waals surface area contributed by atoms with Crippen LogP contribution in [-0.4, -0.2) is 129 Å². The smallest absolute Gasteiger partial charge is 0.340 e. The molecule has 2 aromatic rings. The van der Waals surface area contributed by atoms with Crippen molar-refractivity contribution in [2.45, 2.75) is 114 Å². The van der Waals surface area contributed by atoms with Gasteiger partial charge >= 0.3 is 41.8 Å². The van der Waals surface area contributed by atoms with Crippen molar-refractivity contribution >= 4 is 47.6 Å². The Morgan fingerprint density at radius 1 is 0.817 bits per heavy atom. The number of carbonyl (C=O) groups is 8. The van der Waals surface area contributed by atoms with E-state index in [1.54, 1.807) is 6.07 Å². The predicted octanol–water partition coefficient (Wildman–Crippen LogP) is 0.909. The minimum Gasteiger partial charge on any atom is -0.465 e. The number of Topliss-reactive ketones (excluding diaryl/α,β-unsaturated/α-hetero) is 1. The van der Waals surface area contributed by atoms with Gasteiger partial charge in [-0.2, -0.15) is 0 Å². The van der Waals surface area contributed by atoms with Crippen molar-refractivity contribution < 1.29 is 86.5 Å². The highest BCUT2D eigenvalue weighted by molar-refractivity contribution is 5.94. The highest BCUT2D eigenvalue weighted by Gasteiger charge is 2.91. The summed E-state index contributed by atoms with van der Waals surface area (Å²) in [6.07, 6.45) is -10.4. The Morgan fingerprint density at radius 2 is 1.45 bits per heavy atom. The van der Waals surface area contributed by atoms with E-state index in [9.17, 15) is 43.8 Å². The molecule has 4 bridgehead atoms. The van der Waals surface area contributed by atoms with Crippen LogP contribution in [0.2, 0.25) is 0 Å². The first-order valence-corrected chi connectivity index (χ1v) is 19.0. The Kier molecular flexibility index (Phi) is 11.4. The third-order valence-electron chi connectivity index (χ3n) is 11.6. The van der Waals surface area contributed by atoms with Crippen LogP contribution in [0, 0.1) is 11.3 Å². The molecule has 1 saturated heterocycles. The molecule has 0 radical (unpaired) electrons. The lowest BCUT2D eigenvalue weighted by Gasteiger charge is -2.66. The second-order valence-corrected chi connectivity index (χ2v) is 16.0. The fourth-order valence-electron chi connectivity index (χ4n) is 9.17. The monoisotopic (exact) mass is 839 g/mol. The average Bonchev–Trinajstić information content (AvgIpc) is 3.40. The van der Waals surface area contributed by atoms with E-state index in [4.69, 9.17) is 37.9 Å². The van der Waals surface area contributed by atoms with Gasteiger partial charge in [-0.15, -0.1) is 0 Å². The molecular weight excluding hydrogens is 794 g/mol. The zero-order chi connectivity index (χ0) is 44.2. The first-order chi connectivity index (χ1) is 28.0. The maximum atomic E-state index is 15.3. The summed E-state index contributed by atoms with van der Waals surface area (Å²) in [4.78, 5) is 114. The Labute approximate surface area is 342 Å². The molecule has 322 valence electrons. The van der Waals surface area contributed by atoms with Crippen LogP contribution >= 0.6 is 0 Å². The highest BCUT2D eigenvalue weighted by Crippen LogP contribution is 2.69. The van der Waals surface area contributed by atoms with Gasteiger partial charge in [-0.1, -0.05) is 18.2 Å². The zero-order valence-corrected chi connectivity index (χ0v) is 33.8. The molecule has 6 rings (SSSR count). The number of cyclic esters (lactones) is 1. The van der Waals surface area contributed by atoms with Gasteiger partial charge in [0.1, 0.15) is 35.9 Å². The second kappa shape index (κ2) is 15.7. The number of esters is 7. The first-order valence-electron chi connectivity index (χ1n) is 19.0. The standard InChI is InChI=1S/C41H45NO18/c1-20(43)53-19-40-31(56-22(3)45)28(47)27-30(55-21(2)44)41(40)39(7,52)32(29(33(40)57-23(4)46)58-34(48)24-12-9-8-10-13-24)59-36(50)37(5,51)16-15-26-25(14-11-17-42-26)35(49)54-18-38(27,6)60-41/h8-14,17,27,29-33,51-52H,15-16,18-19H2,1-7H3/t27-,29+,30-,31-,32+,33+,37?,38+,39+,40-,41+/m1/s1. The third kappa shape index (κ3) is 7.07. The van der Waals surface area contributed by atoms with Gasteiger partial charge in [0, 0.05) is 33.9 Å². The number of aryl methyl sites for hydroxylation is 1. The molecule has 1 spiro atoms. The molecule has 1 aromatic heterocycles. The summed E-state index contributed by atoms with van der Waals surface area (Å²) in [6.45, 7) is 5.11. The summed E-state index contributed by atoms with van der Waals surface area (Å²) in [5, 5.41) is 25.1. The molecule has 0 amide bonds. The van der Waals surface area contributed by atoms with Crippen LogP contribution in [0.25, 0.3) is 0 Å². The molecule has 60 heavy (non-hydrogen) atoms. The van der Waals surface area contributed by atoms with Gasteiger partial charge in [0.25, 0.3) is 0 Å². The van der Waals surface area contributed by atoms with Gasteiger partial charge in [0.05, 0.1) is 22.7 Å². The summed E-state index contributed by atoms with van der Waals surface area (Å²) in [7, 11) is 0. The van der Waals surface area contributed by atoms with E-state index in [1.807, 2.05) is 0 Å². The van der Waals surface area contributed by atoms with Gasteiger partial charge in [-0.3, -0.25) is 29.0 Å². The van der Waals surface area contributed by atoms with E-state index in [0.29, 0.717) is 0 Å². The van der Waals surface area contributed by atoms with Crippen LogP contribution in [0.3, 0.4) is 0 Å². The number of ether oxygens (including phenoxy) is 8. The van der Waals surface area contributed by atoms with E-state index < -0.39 is 131 Å². The molecule has 11 atom stereocenters. The number of aliphatic hydroxyl groups is 2. The maximum Gasteiger partial charge on any atom is 0.340 e. The number of nitrogens with zero attached hydrogens (tertiary/aromatic N) is 1. The molecule has 2 aliphatic heterocycles. The number of hydrogen-bond acceptors (Lipinski definition) is 19. The Hall–Kier alpha value is -5.79. The molecule has 2 aliphatic carbocycles. The number of aromatic nitrogens is 1. The largest absolute Gasteiger partial charge is 0.465 e. The van der Waals surface area contributed by atoms with Crippen LogP contribution in [0.5, 0.6) is 0 Å². The van der Waals surface area contributed by atoms with Crippen molar-refractivity contribution in [3.8, 4) is 0 Å². The lowest BCUT2D eigenvalue weighted by molar-refractivity contribution is -0.376. The van der Waals surface area contributed by atoms with E-state index >= 15 is 4.79 Å². The normalized spacial score (nSPS) is 35.9. The van der Waals surface area contributed by atoms with Crippen LogP contribution < -0.4 is 0 Å². The summed E-state index contributed by atoms with van der Waals surface area (Å²) in [6, 6.07) is 10.1. The van der Waals surface area contributed by atoms with Crippen LogP contribution in [0.15, 0.2) is 48.7 Å². The van der Waals surface area contributed by atoms with Gasteiger partial charge < -0.3 is 48.1 Å². The number of pyridine rings is 1. The number of carbonyl (C=O) groups excluding carboxylic acids is 8. The van der Waals surface area contributed by atoms with Crippen molar-refractivity contribution in [2.75, 3.05) is 13.2 Å². The third-order valence-corrected chi connectivity index (χ3v) is 11.6. The number of ketones is 1. The predicted molar refractivity (Wildman–Crippen MR) is 196 cm³/mol. The van der Waals surface area contributed by atoms with Gasteiger partial charge in [-0.25, -0.2) is 14.4 Å². The minimum atomic E-state index is -2.99. The van der Waals surface area contributed by atoms with Crippen LogP contribution in [-0.2, 0) is 73.1 Å². The van der Waals surface area contributed by atoms with Crippen LogP contribution in [0.1, 0.15) is 81.3 Å². The van der Waals surface area contributed by atoms with E-state index in [-0.39, 0.29) is 23.2 Å². The Morgan fingerprint density at radius 3 is 2.07 bits per heavy atom. The molecule has 19 nitrogen and oxygen atoms in total. The number of fused-ring (bicyclic) bond motifs is 5. The van der Waals surface area contributed by atoms with Crippen molar-refractivity contribution in [1.29, 1.82) is 0 Å². The van der Waals surface area contributed by atoms with Gasteiger partial charge in [-0.05, 0) is 57.9 Å². The number of hydrogen-bond donors (Lipinski definition) is 2. The molecule has 4 aliphatic rings. The van der Waals surface area contributed by atoms with Crippen molar-refractivity contribution in [2.24, 2.45) is 11.3 Å². The number of benzene rings is 1. The quantitative estimate of drug-likeness (QED) is 0.290. The van der Waals surface area contributed by atoms with Gasteiger partial charge in [0.2, 0.25) is 0 Å².